The Hall–Kier alpha value is -0.760. The fourth-order valence-corrected chi connectivity index (χ4v) is 5.10. The minimum absolute atomic E-state index is 0.00502. The van der Waals surface area contributed by atoms with Crippen molar-refractivity contribution in [3.8, 4) is 0 Å². The van der Waals surface area contributed by atoms with Gasteiger partial charge in [0.2, 0.25) is 10.0 Å². The summed E-state index contributed by atoms with van der Waals surface area (Å²) < 4.78 is 27.9. The minimum atomic E-state index is -3.55. The van der Waals surface area contributed by atoms with E-state index in [1.54, 1.807) is 36.0 Å². The number of sulfonamides is 1. The molecule has 5 nitrogen and oxygen atoms in total. The van der Waals surface area contributed by atoms with Crippen LogP contribution in [0, 0.1) is 0 Å². The van der Waals surface area contributed by atoms with Crippen molar-refractivity contribution in [1.29, 1.82) is 0 Å². The molecular weight excluding hydrogens is 294 g/mol. The molecule has 0 aromatic heterocycles. The molecule has 0 bridgehead atoms. The average Bonchev–Trinajstić information content (AvgIpc) is 2.47. The van der Waals surface area contributed by atoms with Gasteiger partial charge in [-0.15, -0.1) is 0 Å². The number of para-hydroxylation sites is 1. The van der Waals surface area contributed by atoms with Crippen LogP contribution in [0.1, 0.15) is 25.7 Å². The van der Waals surface area contributed by atoms with Crippen LogP contribution in [0.5, 0.6) is 0 Å². The fraction of sp³-hybridized carbons (Fsp3) is 0.538. The van der Waals surface area contributed by atoms with Crippen molar-refractivity contribution < 1.29 is 8.42 Å². The van der Waals surface area contributed by atoms with Gasteiger partial charge in [0.15, 0.2) is 0 Å². The maximum atomic E-state index is 12.5. The van der Waals surface area contributed by atoms with E-state index >= 15 is 0 Å². The van der Waals surface area contributed by atoms with Crippen molar-refractivity contribution in [1.82, 2.24) is 4.72 Å². The van der Waals surface area contributed by atoms with Crippen LogP contribution >= 0.6 is 11.8 Å². The molecule has 0 spiro atoms. The van der Waals surface area contributed by atoms with Crippen LogP contribution in [0.3, 0.4) is 0 Å². The molecule has 2 unspecified atom stereocenters. The monoisotopic (exact) mass is 315 g/mol. The number of nitrogens with two attached hydrogens (primary N) is 1. The number of rotatable bonds is 5. The van der Waals surface area contributed by atoms with Crippen molar-refractivity contribution in [3.05, 3.63) is 24.3 Å². The van der Waals surface area contributed by atoms with E-state index in [4.69, 9.17) is 5.84 Å². The number of nitrogen functional groups attached to an aromatic ring is 1. The number of hydrogen-bond donors (Lipinski definition) is 3. The molecule has 2 atom stereocenters. The summed E-state index contributed by atoms with van der Waals surface area (Å²) in [6, 6.07) is 6.66. The van der Waals surface area contributed by atoms with Gasteiger partial charge in [0, 0.05) is 11.3 Å². The highest BCUT2D eigenvalue weighted by molar-refractivity contribution is 7.99. The van der Waals surface area contributed by atoms with Gasteiger partial charge in [0.1, 0.15) is 4.90 Å². The lowest BCUT2D eigenvalue weighted by atomic mass is 9.96. The van der Waals surface area contributed by atoms with Gasteiger partial charge in [-0.25, -0.2) is 13.1 Å². The van der Waals surface area contributed by atoms with E-state index in [-0.39, 0.29) is 10.9 Å². The summed E-state index contributed by atoms with van der Waals surface area (Å²) in [5.74, 6) is 5.39. The third-order valence-electron chi connectivity index (χ3n) is 3.64. The van der Waals surface area contributed by atoms with Crippen LogP contribution in [-0.4, -0.2) is 26.0 Å². The van der Waals surface area contributed by atoms with E-state index in [2.05, 4.69) is 10.1 Å². The van der Waals surface area contributed by atoms with Gasteiger partial charge in [0.25, 0.3) is 0 Å². The molecule has 1 aromatic rings. The zero-order valence-corrected chi connectivity index (χ0v) is 13.1. The van der Waals surface area contributed by atoms with Crippen molar-refractivity contribution in [2.75, 3.05) is 11.7 Å². The van der Waals surface area contributed by atoms with E-state index in [0.717, 1.165) is 19.3 Å². The van der Waals surface area contributed by atoms with E-state index in [1.165, 1.54) is 6.42 Å². The molecule has 1 fully saturated rings. The predicted octanol–water partition coefficient (Wildman–Crippen LogP) is 1.92. The summed E-state index contributed by atoms with van der Waals surface area (Å²) in [6.45, 7) is 0. The first-order chi connectivity index (χ1) is 9.58. The van der Waals surface area contributed by atoms with Gasteiger partial charge >= 0.3 is 0 Å². The third kappa shape index (κ3) is 3.46. The maximum absolute atomic E-state index is 12.5. The van der Waals surface area contributed by atoms with Crippen LogP contribution < -0.4 is 16.0 Å². The van der Waals surface area contributed by atoms with E-state index in [1.807, 2.05) is 6.26 Å². The van der Waals surface area contributed by atoms with Crippen molar-refractivity contribution in [3.63, 3.8) is 0 Å². The lowest BCUT2D eigenvalue weighted by molar-refractivity contribution is 0.423. The van der Waals surface area contributed by atoms with Crippen LogP contribution in [0.2, 0.25) is 0 Å². The number of hydrogen-bond acceptors (Lipinski definition) is 5. The predicted molar refractivity (Wildman–Crippen MR) is 84.1 cm³/mol. The Kier molecular flexibility index (Phi) is 5.31. The average molecular weight is 315 g/mol. The molecule has 1 aliphatic carbocycles. The lowest BCUT2D eigenvalue weighted by Crippen LogP contribution is -2.43. The molecule has 4 N–H and O–H groups in total. The Bertz CT molecular complexity index is 548. The summed E-state index contributed by atoms with van der Waals surface area (Å²) in [4.78, 5) is 0.202. The summed E-state index contributed by atoms with van der Waals surface area (Å²) in [5.41, 5.74) is 2.85. The van der Waals surface area contributed by atoms with Crippen LogP contribution in [0.4, 0.5) is 5.69 Å². The Morgan fingerprint density at radius 1 is 1.25 bits per heavy atom. The second kappa shape index (κ2) is 6.80. The summed E-state index contributed by atoms with van der Waals surface area (Å²) in [5, 5.41) is 0.344. The molecule has 1 saturated carbocycles. The second-order valence-electron chi connectivity index (χ2n) is 4.93. The first-order valence-electron chi connectivity index (χ1n) is 6.69. The van der Waals surface area contributed by atoms with Crippen molar-refractivity contribution in [2.45, 2.75) is 41.9 Å². The summed E-state index contributed by atoms with van der Waals surface area (Å²) in [6.07, 6.45) is 6.23. The fourth-order valence-electron chi connectivity index (χ4n) is 2.60. The molecule has 0 saturated heterocycles. The van der Waals surface area contributed by atoms with Gasteiger partial charge in [-0.2, -0.15) is 11.8 Å². The lowest BCUT2D eigenvalue weighted by Gasteiger charge is -2.30. The van der Waals surface area contributed by atoms with Gasteiger partial charge < -0.3 is 5.43 Å². The number of hydrazine groups is 1. The third-order valence-corrected chi connectivity index (χ3v) is 6.36. The first kappa shape index (κ1) is 15.6. The molecule has 2 rings (SSSR count). The molecule has 20 heavy (non-hydrogen) atoms. The Balaban J connectivity index is 2.22. The van der Waals surface area contributed by atoms with Crippen LogP contribution in [0.25, 0.3) is 0 Å². The topological polar surface area (TPSA) is 84.2 Å². The molecule has 0 radical (unpaired) electrons. The molecule has 0 amide bonds. The molecule has 7 heteroatoms. The zero-order valence-electron chi connectivity index (χ0n) is 11.5. The van der Waals surface area contributed by atoms with E-state index < -0.39 is 10.0 Å². The summed E-state index contributed by atoms with van der Waals surface area (Å²) in [7, 11) is -3.55. The molecular formula is C13H21N3O2S2. The van der Waals surface area contributed by atoms with E-state index in [0.29, 0.717) is 10.9 Å². The molecule has 112 valence electrons. The Morgan fingerprint density at radius 2 is 1.95 bits per heavy atom. The highest BCUT2D eigenvalue weighted by Gasteiger charge is 2.29. The SMILES string of the molecule is CSC1CCCCC1NS(=O)(=O)c1ccccc1NN. The molecule has 1 aliphatic rings. The highest BCUT2D eigenvalue weighted by Crippen LogP contribution is 2.29. The van der Waals surface area contributed by atoms with Crippen LogP contribution in [-0.2, 0) is 10.0 Å². The number of thioether (sulfide) groups is 1. The largest absolute Gasteiger partial charge is 0.323 e. The maximum Gasteiger partial charge on any atom is 0.242 e. The Labute approximate surface area is 124 Å². The molecule has 0 heterocycles. The summed E-state index contributed by atoms with van der Waals surface area (Å²) >= 11 is 1.73. The second-order valence-corrected chi connectivity index (χ2v) is 7.69. The van der Waals surface area contributed by atoms with Crippen molar-refractivity contribution in [2.24, 2.45) is 5.84 Å². The van der Waals surface area contributed by atoms with Gasteiger partial charge in [0.05, 0.1) is 5.69 Å². The quantitative estimate of drug-likeness (QED) is 0.571. The van der Waals surface area contributed by atoms with E-state index in [9.17, 15) is 8.42 Å². The minimum Gasteiger partial charge on any atom is -0.323 e. The Morgan fingerprint density at radius 3 is 2.65 bits per heavy atom. The molecule has 1 aromatic carbocycles. The first-order valence-corrected chi connectivity index (χ1v) is 9.46. The highest BCUT2D eigenvalue weighted by atomic mass is 32.2. The standard InChI is InChI=1S/C13H21N3O2S2/c1-19-12-8-4-2-6-10(12)16-20(17,18)13-9-5-3-7-11(13)15-14/h3,5,7,9-10,12,15-16H,2,4,6,8,14H2,1H3. The normalized spacial score (nSPS) is 23.5. The van der Waals surface area contributed by atoms with Gasteiger partial charge in [-0.1, -0.05) is 25.0 Å². The van der Waals surface area contributed by atoms with Crippen LogP contribution in [0.15, 0.2) is 29.2 Å². The smallest absolute Gasteiger partial charge is 0.242 e. The number of nitrogens with one attached hydrogen (secondary N) is 2. The zero-order chi connectivity index (χ0) is 14.6. The van der Waals surface area contributed by atoms with Crippen molar-refractivity contribution >= 4 is 27.5 Å². The molecule has 0 aliphatic heterocycles. The van der Waals surface area contributed by atoms with Gasteiger partial charge in [-0.05, 0) is 31.2 Å². The number of anilines is 1. The van der Waals surface area contributed by atoms with Gasteiger partial charge in [-0.3, -0.25) is 5.84 Å². The number of benzene rings is 1.